The Balaban J connectivity index is 2.51. The predicted octanol–water partition coefficient (Wildman–Crippen LogP) is 2.96. The summed E-state index contributed by atoms with van der Waals surface area (Å²) in [7, 11) is 0. The van der Waals surface area contributed by atoms with Crippen LogP contribution in [0.5, 0.6) is 5.75 Å². The average molecular weight is 292 g/mol. The van der Waals surface area contributed by atoms with Gasteiger partial charge in [0.15, 0.2) is 0 Å². The van der Waals surface area contributed by atoms with Crippen molar-refractivity contribution >= 4 is 5.97 Å². The zero-order valence-electron chi connectivity index (χ0n) is 13.1. The van der Waals surface area contributed by atoms with Gasteiger partial charge >= 0.3 is 5.97 Å². The van der Waals surface area contributed by atoms with Crippen LogP contribution >= 0.6 is 0 Å². The van der Waals surface area contributed by atoms with Crippen LogP contribution in [0.15, 0.2) is 12.1 Å². The van der Waals surface area contributed by atoms with E-state index >= 15 is 0 Å². The first kappa shape index (κ1) is 15.8. The van der Waals surface area contributed by atoms with Gasteiger partial charge in [-0.3, -0.25) is 4.79 Å². The fraction of sp³-hybridized carbons (Fsp3) is 0.588. The molecule has 2 rings (SSSR count). The molecule has 1 fully saturated rings. The van der Waals surface area contributed by atoms with Gasteiger partial charge in [0.05, 0.1) is 17.9 Å². The summed E-state index contributed by atoms with van der Waals surface area (Å²) in [6, 6.07) is 3.76. The number of rotatable bonds is 3. The van der Waals surface area contributed by atoms with Gasteiger partial charge in [-0.15, -0.1) is 0 Å². The first-order valence-electron chi connectivity index (χ1n) is 7.48. The number of aliphatic hydroxyl groups is 1. The van der Waals surface area contributed by atoms with E-state index in [0.717, 1.165) is 23.1 Å². The number of hydrogen-bond acceptors (Lipinski definition) is 4. The summed E-state index contributed by atoms with van der Waals surface area (Å²) in [5.74, 6) is -0.430. The first-order chi connectivity index (χ1) is 9.77. The highest BCUT2D eigenvalue weighted by molar-refractivity contribution is 5.72. The van der Waals surface area contributed by atoms with Crippen molar-refractivity contribution in [3.8, 4) is 5.75 Å². The van der Waals surface area contributed by atoms with Gasteiger partial charge in [0.25, 0.3) is 0 Å². The quantitative estimate of drug-likeness (QED) is 0.841. The number of phenolic OH excluding ortho intramolecular Hbond substituents is 1. The van der Waals surface area contributed by atoms with E-state index < -0.39 is 5.60 Å². The van der Waals surface area contributed by atoms with Gasteiger partial charge in [0.2, 0.25) is 0 Å². The first-order valence-corrected chi connectivity index (χ1v) is 7.48. The number of carbonyl (C=O) groups excluding carboxylic acids is 1. The number of aryl methyl sites for hydroxylation is 1. The van der Waals surface area contributed by atoms with Crippen molar-refractivity contribution in [1.82, 2.24) is 0 Å². The van der Waals surface area contributed by atoms with Crippen molar-refractivity contribution in [2.24, 2.45) is 0 Å². The van der Waals surface area contributed by atoms with Crippen LogP contribution in [-0.4, -0.2) is 27.9 Å². The third kappa shape index (κ3) is 2.91. The Hall–Kier alpha value is -1.55. The molecule has 3 atom stereocenters. The molecular weight excluding hydrogens is 268 g/mol. The molecule has 2 N–H and O–H groups in total. The number of esters is 1. The maximum Gasteiger partial charge on any atom is 0.309 e. The molecule has 3 unspecified atom stereocenters. The zero-order chi connectivity index (χ0) is 15.8. The molecule has 0 aliphatic carbocycles. The van der Waals surface area contributed by atoms with Gasteiger partial charge in [-0.25, -0.2) is 0 Å². The van der Waals surface area contributed by atoms with Crippen molar-refractivity contribution in [1.29, 1.82) is 0 Å². The third-order valence-electron chi connectivity index (χ3n) is 4.41. The number of phenols is 1. The van der Waals surface area contributed by atoms with Gasteiger partial charge in [-0.2, -0.15) is 0 Å². The maximum atomic E-state index is 11.7. The van der Waals surface area contributed by atoms with Crippen LogP contribution in [0.1, 0.15) is 55.7 Å². The number of benzene rings is 1. The number of ether oxygens (including phenoxy) is 1. The van der Waals surface area contributed by atoms with Gasteiger partial charge in [-0.05, 0) is 43.9 Å². The molecule has 21 heavy (non-hydrogen) atoms. The third-order valence-corrected chi connectivity index (χ3v) is 4.41. The molecular formula is C17H24O4. The second-order valence-electron chi connectivity index (χ2n) is 6.27. The second-order valence-corrected chi connectivity index (χ2v) is 6.27. The van der Waals surface area contributed by atoms with E-state index in [4.69, 9.17) is 4.74 Å². The number of carbonyl (C=O) groups is 1. The molecule has 1 aromatic carbocycles. The Morgan fingerprint density at radius 3 is 2.67 bits per heavy atom. The van der Waals surface area contributed by atoms with Crippen LogP contribution in [0.25, 0.3) is 0 Å². The van der Waals surface area contributed by atoms with Gasteiger partial charge in [0, 0.05) is 0 Å². The highest BCUT2D eigenvalue weighted by Gasteiger charge is 2.47. The molecule has 0 radical (unpaired) electrons. The van der Waals surface area contributed by atoms with Gasteiger partial charge < -0.3 is 14.9 Å². The van der Waals surface area contributed by atoms with Crippen LogP contribution < -0.4 is 0 Å². The van der Waals surface area contributed by atoms with Gasteiger partial charge in [-0.1, -0.05) is 25.5 Å². The van der Waals surface area contributed by atoms with Crippen molar-refractivity contribution < 1.29 is 19.7 Å². The van der Waals surface area contributed by atoms with E-state index in [2.05, 4.69) is 0 Å². The predicted molar refractivity (Wildman–Crippen MR) is 80.4 cm³/mol. The number of hydrogen-bond donors (Lipinski definition) is 2. The van der Waals surface area contributed by atoms with Crippen LogP contribution in [0.4, 0.5) is 0 Å². The molecule has 0 bridgehead atoms. The van der Waals surface area contributed by atoms with E-state index in [-0.39, 0.29) is 30.2 Å². The summed E-state index contributed by atoms with van der Waals surface area (Å²) in [6.07, 6.45) is 1.18. The van der Waals surface area contributed by atoms with E-state index in [1.165, 1.54) is 0 Å². The van der Waals surface area contributed by atoms with E-state index in [0.29, 0.717) is 6.42 Å². The molecule has 4 heteroatoms. The highest BCUT2D eigenvalue weighted by atomic mass is 16.5. The maximum absolute atomic E-state index is 11.7. The van der Waals surface area contributed by atoms with Crippen LogP contribution in [0.3, 0.4) is 0 Å². The van der Waals surface area contributed by atoms with Crippen molar-refractivity contribution in [3.05, 3.63) is 28.8 Å². The highest BCUT2D eigenvalue weighted by Crippen LogP contribution is 2.43. The normalized spacial score (nSPS) is 29.3. The summed E-state index contributed by atoms with van der Waals surface area (Å²) < 4.78 is 5.47. The minimum absolute atomic E-state index is 0.0219. The minimum atomic E-state index is -1.17. The van der Waals surface area contributed by atoms with Crippen molar-refractivity contribution in [2.75, 3.05) is 0 Å². The fourth-order valence-corrected chi connectivity index (χ4v) is 3.31. The molecule has 1 aromatic rings. The van der Waals surface area contributed by atoms with E-state index in [1.54, 1.807) is 6.92 Å². The topological polar surface area (TPSA) is 66.8 Å². The molecule has 0 saturated carbocycles. The Bertz CT molecular complexity index is 548. The molecule has 0 spiro atoms. The van der Waals surface area contributed by atoms with Crippen LogP contribution in [0, 0.1) is 13.8 Å². The lowest BCUT2D eigenvalue weighted by atomic mass is 9.73. The lowest BCUT2D eigenvalue weighted by Crippen LogP contribution is -2.48. The van der Waals surface area contributed by atoms with Crippen LogP contribution in [0.2, 0.25) is 0 Å². The van der Waals surface area contributed by atoms with Crippen molar-refractivity contribution in [2.45, 2.75) is 64.6 Å². The standard InChI is InChI=1S/C17H24O4/c1-5-6-13-15(17(4,20)9-14(18)21-13)12-8-7-10(2)16(19)11(12)3/h7-8,13,15,19-20H,5-6,9H2,1-4H3. The monoisotopic (exact) mass is 292 g/mol. The second kappa shape index (κ2) is 5.68. The zero-order valence-corrected chi connectivity index (χ0v) is 13.1. The smallest absolute Gasteiger partial charge is 0.309 e. The molecule has 1 aliphatic rings. The Labute approximate surface area is 125 Å². The van der Waals surface area contributed by atoms with E-state index in [9.17, 15) is 15.0 Å². The molecule has 116 valence electrons. The molecule has 1 heterocycles. The molecule has 1 saturated heterocycles. The summed E-state index contributed by atoms with van der Waals surface area (Å²) in [5.41, 5.74) is 1.24. The SMILES string of the molecule is CCCC1OC(=O)CC(C)(O)C1c1ccc(C)c(O)c1C. The Morgan fingerprint density at radius 1 is 1.38 bits per heavy atom. The van der Waals surface area contributed by atoms with Crippen LogP contribution in [-0.2, 0) is 9.53 Å². The van der Waals surface area contributed by atoms with E-state index in [1.807, 2.05) is 32.9 Å². The Morgan fingerprint density at radius 2 is 2.05 bits per heavy atom. The lowest BCUT2D eigenvalue weighted by Gasteiger charge is -2.42. The largest absolute Gasteiger partial charge is 0.507 e. The molecule has 4 nitrogen and oxygen atoms in total. The molecule has 0 aromatic heterocycles. The Kier molecular flexibility index (Phi) is 4.28. The number of aromatic hydroxyl groups is 1. The summed E-state index contributed by atoms with van der Waals surface area (Å²) in [5, 5.41) is 20.9. The average Bonchev–Trinajstić information content (AvgIpc) is 2.37. The summed E-state index contributed by atoms with van der Waals surface area (Å²) in [4.78, 5) is 11.7. The molecule has 1 aliphatic heterocycles. The van der Waals surface area contributed by atoms with Crippen molar-refractivity contribution in [3.63, 3.8) is 0 Å². The fourth-order valence-electron chi connectivity index (χ4n) is 3.31. The van der Waals surface area contributed by atoms with Gasteiger partial charge in [0.1, 0.15) is 11.9 Å². The minimum Gasteiger partial charge on any atom is -0.507 e. The summed E-state index contributed by atoms with van der Waals surface area (Å²) in [6.45, 7) is 7.38. The lowest BCUT2D eigenvalue weighted by molar-refractivity contribution is -0.173. The number of cyclic esters (lactones) is 1. The molecule has 0 amide bonds. The summed E-state index contributed by atoms with van der Waals surface area (Å²) >= 11 is 0.